The van der Waals surface area contributed by atoms with Gasteiger partial charge >= 0.3 is 0 Å². The second-order valence-corrected chi connectivity index (χ2v) is 7.57. The quantitative estimate of drug-likeness (QED) is 0.666. The Hall–Kier alpha value is -2.81. The number of nitrogens with zero attached hydrogens (tertiary/aromatic N) is 6. The first kappa shape index (κ1) is 17.3. The van der Waals surface area contributed by atoms with Gasteiger partial charge in [-0.15, -0.1) is 5.10 Å². The first-order valence-corrected chi connectivity index (χ1v) is 9.46. The summed E-state index contributed by atoms with van der Waals surface area (Å²) in [6.07, 6.45) is 4.60. The van der Waals surface area contributed by atoms with E-state index in [9.17, 15) is 9.18 Å². The van der Waals surface area contributed by atoms with E-state index in [2.05, 4.69) is 20.5 Å². The molecule has 1 unspecified atom stereocenters. The summed E-state index contributed by atoms with van der Waals surface area (Å²) in [7, 11) is 0. The molecule has 3 aromatic rings. The van der Waals surface area contributed by atoms with Crippen LogP contribution in [0.2, 0.25) is 5.02 Å². The molecule has 1 aliphatic heterocycles. The SMILES string of the molecule is O=C(c1cc(Cl)ccc1F)N1CCC(n2cc(-c3nc(C4CC4)no3)nn2)C1. The molecule has 144 valence electrons. The molecule has 0 spiro atoms. The third-order valence-electron chi connectivity index (χ3n) is 5.10. The molecule has 0 N–H and O–H groups in total. The maximum absolute atomic E-state index is 14.0. The molecule has 1 saturated heterocycles. The van der Waals surface area contributed by atoms with Gasteiger partial charge in [-0.05, 0) is 37.5 Å². The minimum Gasteiger partial charge on any atom is -0.336 e. The number of amides is 1. The molecular formula is C18H16ClFN6O2. The van der Waals surface area contributed by atoms with E-state index in [-0.39, 0.29) is 17.5 Å². The van der Waals surface area contributed by atoms with Gasteiger partial charge in [-0.2, -0.15) is 4.98 Å². The van der Waals surface area contributed by atoms with Crippen molar-refractivity contribution in [3.63, 3.8) is 0 Å². The highest BCUT2D eigenvalue weighted by Crippen LogP contribution is 2.38. The van der Waals surface area contributed by atoms with Gasteiger partial charge in [-0.25, -0.2) is 9.07 Å². The normalized spacial score (nSPS) is 19.4. The Kier molecular flexibility index (Phi) is 4.12. The first-order valence-electron chi connectivity index (χ1n) is 9.08. The van der Waals surface area contributed by atoms with Crippen LogP contribution in [0.1, 0.15) is 47.4 Å². The molecule has 5 rings (SSSR count). The molecule has 2 fully saturated rings. The zero-order valence-corrected chi connectivity index (χ0v) is 15.5. The number of likely N-dealkylation sites (tertiary alicyclic amines) is 1. The van der Waals surface area contributed by atoms with Crippen molar-refractivity contribution in [2.45, 2.75) is 31.2 Å². The third kappa shape index (κ3) is 3.15. The van der Waals surface area contributed by atoms with Crippen molar-refractivity contribution in [1.29, 1.82) is 0 Å². The highest BCUT2D eigenvalue weighted by atomic mass is 35.5. The van der Waals surface area contributed by atoms with Crippen molar-refractivity contribution in [2.24, 2.45) is 0 Å². The van der Waals surface area contributed by atoms with Gasteiger partial charge in [0.05, 0.1) is 17.8 Å². The highest BCUT2D eigenvalue weighted by molar-refractivity contribution is 6.31. The van der Waals surface area contributed by atoms with Crippen LogP contribution in [-0.4, -0.2) is 49.0 Å². The molecule has 0 bridgehead atoms. The Morgan fingerprint density at radius 2 is 2.14 bits per heavy atom. The van der Waals surface area contributed by atoms with Crippen LogP contribution in [0, 0.1) is 5.82 Å². The van der Waals surface area contributed by atoms with E-state index in [0.717, 1.165) is 12.8 Å². The lowest BCUT2D eigenvalue weighted by atomic mass is 10.2. The summed E-state index contributed by atoms with van der Waals surface area (Å²) in [5, 5.41) is 12.6. The zero-order valence-electron chi connectivity index (χ0n) is 14.8. The van der Waals surface area contributed by atoms with Crippen molar-refractivity contribution in [3.8, 4) is 11.6 Å². The second kappa shape index (κ2) is 6.66. The van der Waals surface area contributed by atoms with Crippen molar-refractivity contribution in [1.82, 2.24) is 30.0 Å². The lowest BCUT2D eigenvalue weighted by molar-refractivity contribution is 0.0782. The van der Waals surface area contributed by atoms with E-state index in [0.29, 0.717) is 47.9 Å². The topological polar surface area (TPSA) is 89.9 Å². The van der Waals surface area contributed by atoms with Crippen molar-refractivity contribution in [2.75, 3.05) is 13.1 Å². The van der Waals surface area contributed by atoms with Crippen LogP contribution in [0.25, 0.3) is 11.6 Å². The van der Waals surface area contributed by atoms with Crippen molar-refractivity contribution < 1.29 is 13.7 Å². The van der Waals surface area contributed by atoms with Gasteiger partial charge in [-0.3, -0.25) is 4.79 Å². The molecule has 10 heteroatoms. The van der Waals surface area contributed by atoms with E-state index in [4.69, 9.17) is 16.1 Å². The summed E-state index contributed by atoms with van der Waals surface area (Å²) >= 11 is 5.90. The maximum Gasteiger partial charge on any atom is 0.280 e. The summed E-state index contributed by atoms with van der Waals surface area (Å²) in [5.41, 5.74) is 0.482. The van der Waals surface area contributed by atoms with E-state index in [1.165, 1.54) is 18.2 Å². The lowest BCUT2D eigenvalue weighted by Gasteiger charge is -2.17. The fraction of sp³-hybridized carbons (Fsp3) is 0.389. The molecule has 8 nitrogen and oxygen atoms in total. The number of hydrogen-bond acceptors (Lipinski definition) is 6. The Balaban J connectivity index is 1.30. The summed E-state index contributed by atoms with van der Waals surface area (Å²) in [4.78, 5) is 18.6. The summed E-state index contributed by atoms with van der Waals surface area (Å²) in [5.74, 6) is 0.497. The van der Waals surface area contributed by atoms with E-state index in [1.54, 1.807) is 15.8 Å². The Bertz CT molecular complexity index is 1050. The smallest absolute Gasteiger partial charge is 0.280 e. The molecule has 3 heterocycles. The number of carbonyl (C=O) groups excluding carboxylic acids is 1. The van der Waals surface area contributed by atoms with Gasteiger partial charge in [0.25, 0.3) is 11.8 Å². The van der Waals surface area contributed by atoms with Gasteiger partial charge in [0, 0.05) is 24.0 Å². The Morgan fingerprint density at radius 1 is 1.29 bits per heavy atom. The fourth-order valence-corrected chi connectivity index (χ4v) is 3.55. The first-order chi connectivity index (χ1) is 13.6. The minimum absolute atomic E-state index is 0.0223. The monoisotopic (exact) mass is 402 g/mol. The fourth-order valence-electron chi connectivity index (χ4n) is 3.37. The molecule has 0 radical (unpaired) electrons. The van der Waals surface area contributed by atoms with Gasteiger partial charge in [0.15, 0.2) is 11.5 Å². The highest BCUT2D eigenvalue weighted by Gasteiger charge is 2.32. The Labute approximate surface area is 164 Å². The average Bonchev–Trinajstić information content (AvgIpc) is 3.12. The van der Waals surface area contributed by atoms with Crippen LogP contribution in [0.4, 0.5) is 4.39 Å². The molecule has 1 atom stereocenters. The number of rotatable bonds is 4. The number of carbonyl (C=O) groups is 1. The van der Waals surface area contributed by atoms with Crippen LogP contribution in [0.5, 0.6) is 0 Å². The average molecular weight is 403 g/mol. The summed E-state index contributed by atoms with van der Waals surface area (Å²) in [6, 6.07) is 3.92. The van der Waals surface area contributed by atoms with Gasteiger partial charge < -0.3 is 9.42 Å². The lowest BCUT2D eigenvalue weighted by Crippen LogP contribution is -2.30. The molecule has 28 heavy (non-hydrogen) atoms. The van der Waals surface area contributed by atoms with E-state index < -0.39 is 5.82 Å². The number of hydrogen-bond donors (Lipinski definition) is 0. The molecule has 2 aliphatic rings. The minimum atomic E-state index is -0.580. The molecule has 1 saturated carbocycles. The maximum atomic E-state index is 14.0. The predicted molar refractivity (Wildman–Crippen MR) is 96.3 cm³/mol. The zero-order chi connectivity index (χ0) is 19.3. The number of halogens is 2. The van der Waals surface area contributed by atoms with E-state index >= 15 is 0 Å². The Morgan fingerprint density at radius 3 is 2.96 bits per heavy atom. The van der Waals surface area contributed by atoms with Crippen LogP contribution >= 0.6 is 11.6 Å². The van der Waals surface area contributed by atoms with Gasteiger partial charge in [0.2, 0.25) is 0 Å². The molecule has 1 aromatic carbocycles. The molecule has 1 amide bonds. The summed E-state index contributed by atoms with van der Waals surface area (Å²) < 4.78 is 21.0. The van der Waals surface area contributed by atoms with Crippen LogP contribution < -0.4 is 0 Å². The molecular weight excluding hydrogens is 387 g/mol. The van der Waals surface area contributed by atoms with Crippen molar-refractivity contribution in [3.05, 3.63) is 46.6 Å². The van der Waals surface area contributed by atoms with Crippen LogP contribution in [0.3, 0.4) is 0 Å². The number of aromatic nitrogens is 5. The molecule has 1 aliphatic carbocycles. The summed E-state index contributed by atoms with van der Waals surface area (Å²) in [6.45, 7) is 0.905. The number of benzene rings is 1. The standard InChI is InChI=1S/C18H16ClFN6O2/c19-11-3-4-14(20)13(7-11)18(27)25-6-5-12(8-25)26-9-15(22-24-26)17-21-16(23-28-17)10-1-2-10/h3-4,7,9-10,12H,1-2,5-6,8H2. The van der Waals surface area contributed by atoms with E-state index in [1.807, 2.05) is 0 Å². The largest absolute Gasteiger partial charge is 0.336 e. The van der Waals surface area contributed by atoms with Crippen molar-refractivity contribution >= 4 is 17.5 Å². The van der Waals surface area contributed by atoms with Crippen LogP contribution in [0.15, 0.2) is 28.9 Å². The second-order valence-electron chi connectivity index (χ2n) is 7.13. The molecule has 2 aromatic heterocycles. The van der Waals surface area contributed by atoms with Gasteiger partial charge in [-0.1, -0.05) is 22.0 Å². The predicted octanol–water partition coefficient (Wildman–Crippen LogP) is 3.09. The van der Waals surface area contributed by atoms with Gasteiger partial charge in [0.1, 0.15) is 5.82 Å². The van der Waals surface area contributed by atoms with Crippen LogP contribution in [-0.2, 0) is 0 Å². The third-order valence-corrected chi connectivity index (χ3v) is 5.33.